The Bertz CT molecular complexity index is 781. The molecule has 1 saturated heterocycles. The van der Waals surface area contributed by atoms with Gasteiger partial charge in [-0.05, 0) is 23.8 Å². The fourth-order valence-electron chi connectivity index (χ4n) is 2.60. The second-order valence-corrected chi connectivity index (χ2v) is 5.61. The smallest absolute Gasteiger partial charge is 0.268 e. The molecule has 2 aromatic heterocycles. The van der Waals surface area contributed by atoms with Gasteiger partial charge >= 0.3 is 0 Å². The number of hydrogen-bond donors (Lipinski definition) is 1. The van der Waals surface area contributed by atoms with Crippen molar-refractivity contribution in [1.82, 2.24) is 14.9 Å². The predicted octanol–water partition coefficient (Wildman–Crippen LogP) is 0.547. The summed E-state index contributed by atoms with van der Waals surface area (Å²) in [7, 11) is 1.58. The molecule has 1 N–H and O–H groups in total. The summed E-state index contributed by atoms with van der Waals surface area (Å²) in [6.07, 6.45) is 1.74. The lowest BCUT2D eigenvalue weighted by atomic mass is 10.2. The molecule has 24 heavy (non-hydrogen) atoms. The van der Waals surface area contributed by atoms with Gasteiger partial charge in [-0.3, -0.25) is 9.59 Å². The molecule has 0 unspecified atom stereocenters. The molecule has 3 heterocycles. The number of nitrogens with one attached hydrogen (secondary N) is 1. The van der Waals surface area contributed by atoms with Gasteiger partial charge in [0.2, 0.25) is 0 Å². The molecule has 7 heteroatoms. The molecule has 1 amide bonds. The second-order valence-electron chi connectivity index (χ2n) is 5.61. The maximum absolute atomic E-state index is 12.3. The first-order valence-corrected chi connectivity index (χ1v) is 7.87. The average Bonchev–Trinajstić information content (AvgIpc) is 2.63. The zero-order valence-corrected chi connectivity index (χ0v) is 13.6. The van der Waals surface area contributed by atoms with Gasteiger partial charge in [0.1, 0.15) is 11.5 Å². The Morgan fingerprint density at radius 2 is 2.08 bits per heavy atom. The van der Waals surface area contributed by atoms with Crippen LogP contribution >= 0.6 is 0 Å². The Morgan fingerprint density at radius 3 is 2.88 bits per heavy atom. The summed E-state index contributed by atoms with van der Waals surface area (Å²) in [5, 5.41) is 2.84. The number of aromatic nitrogens is 2. The van der Waals surface area contributed by atoms with Gasteiger partial charge in [-0.2, -0.15) is 0 Å². The fraction of sp³-hybridized carbons (Fsp3) is 0.353. The number of amides is 1. The molecule has 0 aliphatic carbocycles. The summed E-state index contributed by atoms with van der Waals surface area (Å²) >= 11 is 0. The molecule has 0 bridgehead atoms. The van der Waals surface area contributed by atoms with E-state index in [2.05, 4.69) is 15.2 Å². The number of anilines is 1. The van der Waals surface area contributed by atoms with Crippen molar-refractivity contribution >= 4 is 11.7 Å². The lowest BCUT2D eigenvalue weighted by molar-refractivity contribution is 0.0941. The van der Waals surface area contributed by atoms with E-state index in [0.29, 0.717) is 25.5 Å². The van der Waals surface area contributed by atoms with Crippen molar-refractivity contribution in [3.63, 3.8) is 0 Å². The summed E-state index contributed by atoms with van der Waals surface area (Å²) < 4.78 is 6.68. The molecule has 2 aromatic rings. The van der Waals surface area contributed by atoms with Crippen molar-refractivity contribution in [1.29, 1.82) is 0 Å². The maximum atomic E-state index is 12.3. The van der Waals surface area contributed by atoms with Crippen molar-refractivity contribution < 1.29 is 9.53 Å². The zero-order valence-electron chi connectivity index (χ0n) is 13.6. The van der Waals surface area contributed by atoms with E-state index < -0.39 is 0 Å². The van der Waals surface area contributed by atoms with Crippen LogP contribution in [0.25, 0.3) is 0 Å². The molecule has 126 valence electrons. The van der Waals surface area contributed by atoms with E-state index in [0.717, 1.165) is 24.5 Å². The van der Waals surface area contributed by atoms with Crippen LogP contribution < -0.4 is 15.8 Å². The average molecular weight is 328 g/mol. The van der Waals surface area contributed by atoms with Crippen LogP contribution in [0.15, 0.2) is 41.3 Å². The molecule has 3 rings (SSSR count). The van der Waals surface area contributed by atoms with Crippen molar-refractivity contribution in [3.05, 3.63) is 58.1 Å². The van der Waals surface area contributed by atoms with Crippen LogP contribution in [0.5, 0.6) is 0 Å². The number of rotatable bonds is 4. The normalized spacial score (nSPS) is 14.5. The van der Waals surface area contributed by atoms with Crippen molar-refractivity contribution in [2.45, 2.75) is 6.54 Å². The van der Waals surface area contributed by atoms with Gasteiger partial charge in [0, 0.05) is 38.9 Å². The number of pyridine rings is 2. The highest BCUT2D eigenvalue weighted by Crippen LogP contribution is 2.14. The topological polar surface area (TPSA) is 76.5 Å². The van der Waals surface area contributed by atoms with E-state index in [1.165, 1.54) is 10.6 Å². The number of hydrogen-bond acceptors (Lipinski definition) is 5. The molecular formula is C17H20N4O3. The van der Waals surface area contributed by atoms with Gasteiger partial charge in [0.05, 0.1) is 13.2 Å². The highest BCUT2D eigenvalue weighted by Gasteiger charge is 2.13. The minimum absolute atomic E-state index is 0.207. The lowest BCUT2D eigenvalue weighted by Crippen LogP contribution is -2.36. The van der Waals surface area contributed by atoms with E-state index in [9.17, 15) is 9.59 Å². The summed E-state index contributed by atoms with van der Waals surface area (Å²) in [4.78, 5) is 30.4. The standard InChI is InChI=1S/C17H20N4O3/c1-20-14(3-2-4-16(20)22)17(23)19-12-13-5-6-18-15(11-13)21-7-9-24-10-8-21/h2-6,11H,7-10,12H2,1H3,(H,19,23). The molecule has 0 radical (unpaired) electrons. The first kappa shape index (κ1) is 16.2. The van der Waals surface area contributed by atoms with Crippen LogP contribution in [0, 0.1) is 0 Å². The molecule has 0 spiro atoms. The Kier molecular flexibility index (Phi) is 4.90. The quantitative estimate of drug-likeness (QED) is 0.887. The minimum Gasteiger partial charge on any atom is -0.378 e. The number of morpholine rings is 1. The monoisotopic (exact) mass is 328 g/mol. The summed E-state index contributed by atoms with van der Waals surface area (Å²) in [6.45, 7) is 3.40. The summed E-state index contributed by atoms with van der Waals surface area (Å²) in [6, 6.07) is 8.47. The Balaban J connectivity index is 1.67. The van der Waals surface area contributed by atoms with Crippen molar-refractivity contribution in [2.24, 2.45) is 7.05 Å². The number of carbonyl (C=O) groups is 1. The largest absolute Gasteiger partial charge is 0.378 e. The third-order valence-corrected chi connectivity index (χ3v) is 4.02. The van der Waals surface area contributed by atoms with E-state index in [1.807, 2.05) is 12.1 Å². The Morgan fingerprint density at radius 1 is 1.29 bits per heavy atom. The van der Waals surface area contributed by atoms with Crippen molar-refractivity contribution in [3.8, 4) is 0 Å². The van der Waals surface area contributed by atoms with Gasteiger partial charge in [-0.15, -0.1) is 0 Å². The van der Waals surface area contributed by atoms with Crippen LogP contribution in [0.3, 0.4) is 0 Å². The molecule has 1 aliphatic heterocycles. The van der Waals surface area contributed by atoms with E-state index >= 15 is 0 Å². The lowest BCUT2D eigenvalue weighted by Gasteiger charge is -2.28. The van der Waals surface area contributed by atoms with Gasteiger partial charge < -0.3 is 19.5 Å². The summed E-state index contributed by atoms with van der Waals surface area (Å²) in [5.74, 6) is 0.608. The maximum Gasteiger partial charge on any atom is 0.268 e. The van der Waals surface area contributed by atoms with Gasteiger partial charge in [0.25, 0.3) is 11.5 Å². The van der Waals surface area contributed by atoms with E-state index in [1.54, 1.807) is 25.4 Å². The van der Waals surface area contributed by atoms with Gasteiger partial charge in [-0.1, -0.05) is 6.07 Å². The molecule has 1 aliphatic rings. The van der Waals surface area contributed by atoms with E-state index in [4.69, 9.17) is 4.74 Å². The van der Waals surface area contributed by atoms with Crippen molar-refractivity contribution in [2.75, 3.05) is 31.2 Å². The van der Waals surface area contributed by atoms with Gasteiger partial charge in [0.15, 0.2) is 0 Å². The first-order valence-electron chi connectivity index (χ1n) is 7.87. The third-order valence-electron chi connectivity index (χ3n) is 4.02. The molecule has 0 aromatic carbocycles. The van der Waals surface area contributed by atoms with Crippen LogP contribution in [-0.4, -0.2) is 41.8 Å². The molecule has 0 saturated carbocycles. The minimum atomic E-state index is -0.278. The van der Waals surface area contributed by atoms with Crippen LogP contribution in [0.2, 0.25) is 0 Å². The number of ether oxygens (including phenoxy) is 1. The first-order chi connectivity index (χ1) is 11.6. The number of nitrogens with zero attached hydrogens (tertiary/aromatic N) is 3. The Labute approximate surface area is 139 Å². The Hall–Kier alpha value is -2.67. The zero-order chi connectivity index (χ0) is 16.9. The molecule has 0 atom stereocenters. The SMILES string of the molecule is Cn1c(C(=O)NCc2ccnc(N3CCOCC3)c2)cccc1=O. The third kappa shape index (κ3) is 3.62. The molecule has 1 fully saturated rings. The molecular weight excluding hydrogens is 308 g/mol. The van der Waals surface area contributed by atoms with Crippen LogP contribution in [0.1, 0.15) is 16.1 Å². The van der Waals surface area contributed by atoms with Crippen LogP contribution in [0.4, 0.5) is 5.82 Å². The highest BCUT2D eigenvalue weighted by molar-refractivity contribution is 5.92. The number of carbonyl (C=O) groups excluding carboxylic acids is 1. The van der Waals surface area contributed by atoms with Crippen LogP contribution in [-0.2, 0) is 18.3 Å². The highest BCUT2D eigenvalue weighted by atomic mass is 16.5. The van der Waals surface area contributed by atoms with E-state index in [-0.39, 0.29) is 11.5 Å². The fourth-order valence-corrected chi connectivity index (χ4v) is 2.60. The molecule has 7 nitrogen and oxygen atoms in total. The summed E-state index contributed by atoms with van der Waals surface area (Å²) in [5.41, 5.74) is 1.09. The predicted molar refractivity (Wildman–Crippen MR) is 90.1 cm³/mol. The van der Waals surface area contributed by atoms with Gasteiger partial charge in [-0.25, -0.2) is 4.98 Å². The second kappa shape index (κ2) is 7.27.